The molecule has 0 aliphatic carbocycles. The Balaban J connectivity index is 5.44. The van der Waals surface area contributed by atoms with E-state index in [4.69, 9.17) is 14.2 Å². The Kier molecular flexibility index (Phi) is 45.2. The lowest BCUT2D eigenvalue weighted by molar-refractivity contribution is -0.130. The zero-order valence-corrected chi connectivity index (χ0v) is 43.9. The van der Waals surface area contributed by atoms with Gasteiger partial charge in [-0.1, -0.05) is 79.1 Å². The molecule has 0 heterocycles. The molecule has 0 rings (SSSR count). The van der Waals surface area contributed by atoms with Crippen molar-refractivity contribution in [3.63, 3.8) is 0 Å². The Morgan fingerprint density at radius 2 is 0.551 bits per heavy atom. The van der Waals surface area contributed by atoms with Gasteiger partial charge in [-0.25, -0.2) is 0 Å². The van der Waals surface area contributed by atoms with Gasteiger partial charge in [0.1, 0.15) is 5.54 Å². The van der Waals surface area contributed by atoms with Crippen molar-refractivity contribution >= 4 is 41.4 Å². The van der Waals surface area contributed by atoms with E-state index in [0.717, 1.165) is 103 Å². The molecule has 0 aliphatic heterocycles. The minimum Gasteiger partial charge on any atom is -0.378 e. The van der Waals surface area contributed by atoms with Crippen LogP contribution >= 0.6 is 0 Å². The lowest BCUT2D eigenvalue weighted by atomic mass is 10.0. The highest BCUT2D eigenvalue weighted by molar-refractivity contribution is 5.78. The van der Waals surface area contributed by atoms with E-state index in [9.17, 15) is 33.6 Å². The monoisotopic (exact) mass is 982 g/mol. The van der Waals surface area contributed by atoms with Crippen LogP contribution in [0.3, 0.4) is 0 Å². The zero-order valence-electron chi connectivity index (χ0n) is 43.9. The third-order valence-corrected chi connectivity index (χ3v) is 11.4. The van der Waals surface area contributed by atoms with E-state index in [1.54, 1.807) is 0 Å². The van der Waals surface area contributed by atoms with E-state index in [-0.39, 0.29) is 100 Å². The van der Waals surface area contributed by atoms with Gasteiger partial charge < -0.3 is 51.4 Å². The number of carbonyl (C=O) groups excluding carboxylic acids is 7. The van der Waals surface area contributed by atoms with Crippen LogP contribution in [0.2, 0.25) is 0 Å². The molecule has 0 saturated carbocycles. The molecule has 0 aromatic carbocycles. The number of nitrogens with one attached hydrogen (secondary N) is 7. The molecule has 0 aromatic heterocycles. The summed E-state index contributed by atoms with van der Waals surface area (Å²) in [5, 5.41) is 20.6. The van der Waals surface area contributed by atoms with Crippen LogP contribution in [-0.4, -0.2) is 126 Å². The summed E-state index contributed by atoms with van der Waals surface area (Å²) >= 11 is 0. The minimum atomic E-state index is -1.16. The van der Waals surface area contributed by atoms with Crippen LogP contribution in [0.5, 0.6) is 0 Å². The van der Waals surface area contributed by atoms with Crippen LogP contribution in [0.15, 0.2) is 0 Å². The van der Waals surface area contributed by atoms with Gasteiger partial charge in [0.15, 0.2) is 0 Å². The largest absolute Gasteiger partial charge is 0.378 e. The van der Waals surface area contributed by atoms with Crippen LogP contribution < -0.4 is 37.2 Å². The molecule has 0 aliphatic rings. The normalized spacial score (nSPS) is 11.2. The highest BCUT2D eigenvalue weighted by Gasteiger charge is 2.34. The lowest BCUT2D eigenvalue weighted by Crippen LogP contribution is -2.58. The first-order valence-corrected chi connectivity index (χ1v) is 27.1. The van der Waals surface area contributed by atoms with E-state index in [2.05, 4.69) is 44.1 Å². The smallest absolute Gasteiger partial charge is 0.222 e. The fourth-order valence-electron chi connectivity index (χ4n) is 7.34. The maximum atomic E-state index is 13.6. The third kappa shape index (κ3) is 43.9. The van der Waals surface area contributed by atoms with Crippen molar-refractivity contribution in [2.75, 3.05) is 78.9 Å². The molecule has 0 aromatic rings. The van der Waals surface area contributed by atoms with Crippen molar-refractivity contribution in [2.45, 2.75) is 213 Å². The van der Waals surface area contributed by atoms with Gasteiger partial charge in [0.05, 0.1) is 39.6 Å². The fourth-order valence-corrected chi connectivity index (χ4v) is 7.34. The Hall–Kier alpha value is -3.83. The van der Waals surface area contributed by atoms with E-state index in [1.807, 2.05) is 20.8 Å². The number of unbranched alkanes of at least 4 members (excludes halogenated alkanes) is 14. The topological polar surface area (TPSA) is 231 Å². The van der Waals surface area contributed by atoms with E-state index in [1.165, 1.54) is 32.1 Å². The summed E-state index contributed by atoms with van der Waals surface area (Å²) in [7, 11) is 0. The molecule has 17 heteroatoms. The van der Waals surface area contributed by atoms with E-state index >= 15 is 0 Å². The quantitative estimate of drug-likeness (QED) is 0.0323. The van der Waals surface area contributed by atoms with Crippen LogP contribution in [0.1, 0.15) is 207 Å². The summed E-state index contributed by atoms with van der Waals surface area (Å²) in [6, 6.07) is 0. The number of amides is 7. The van der Waals surface area contributed by atoms with Gasteiger partial charge in [-0.2, -0.15) is 0 Å². The average molecular weight is 982 g/mol. The van der Waals surface area contributed by atoms with Gasteiger partial charge in [-0.3, -0.25) is 33.6 Å². The molecule has 0 unspecified atom stereocenters. The fraction of sp³-hybridized carbons (Fsp3) is 0.865. The van der Waals surface area contributed by atoms with Gasteiger partial charge >= 0.3 is 0 Å². The van der Waals surface area contributed by atoms with E-state index in [0.29, 0.717) is 65.0 Å². The standard InChI is InChI=1S/C52H99N7O10/c1-5-9-10-11-12-13-14-15-19-29-51(66)59-52(42-67-39-30-48(63)56-36-23-16-20-33-53-45(60)26-6-2,43-68-40-31-49(64)57-37-24-17-21-34-54-46(61)27-7-3)44-69-41-32-50(65)58-38-25-18-22-35-55-47(62)28-8-4/h5-44H2,1-4H3,(H,53,60)(H,54,61)(H,55,62)(H,56,63)(H,57,64)(H,58,65)(H,59,66). The maximum Gasteiger partial charge on any atom is 0.222 e. The second-order valence-electron chi connectivity index (χ2n) is 18.3. The number of hydrogen-bond acceptors (Lipinski definition) is 10. The molecule has 402 valence electrons. The molecule has 0 bridgehead atoms. The molecule has 0 saturated heterocycles. The Labute approximate surface area is 417 Å². The van der Waals surface area contributed by atoms with Gasteiger partial charge in [0, 0.05) is 84.2 Å². The first-order valence-electron chi connectivity index (χ1n) is 27.1. The third-order valence-electron chi connectivity index (χ3n) is 11.4. The molecular formula is C52H99N7O10. The molecule has 17 nitrogen and oxygen atoms in total. The van der Waals surface area contributed by atoms with Crippen molar-refractivity contribution in [3.8, 4) is 0 Å². The van der Waals surface area contributed by atoms with Crippen molar-refractivity contribution in [2.24, 2.45) is 0 Å². The van der Waals surface area contributed by atoms with Crippen molar-refractivity contribution < 1.29 is 47.8 Å². The second kappa shape index (κ2) is 47.8. The van der Waals surface area contributed by atoms with Crippen LogP contribution in [0.4, 0.5) is 0 Å². The maximum absolute atomic E-state index is 13.6. The van der Waals surface area contributed by atoms with E-state index < -0.39 is 5.54 Å². The summed E-state index contributed by atoms with van der Waals surface area (Å²) in [5.74, 6) is -0.470. The predicted octanol–water partition coefficient (Wildman–Crippen LogP) is 6.59. The predicted molar refractivity (Wildman–Crippen MR) is 273 cm³/mol. The van der Waals surface area contributed by atoms with Crippen molar-refractivity contribution in [1.29, 1.82) is 0 Å². The van der Waals surface area contributed by atoms with Crippen molar-refractivity contribution in [3.05, 3.63) is 0 Å². The Bertz CT molecular complexity index is 1210. The molecule has 0 atom stereocenters. The number of carbonyl (C=O) groups is 7. The van der Waals surface area contributed by atoms with Gasteiger partial charge in [0.2, 0.25) is 41.4 Å². The SMILES string of the molecule is CCCCCCCCCCCC(=O)NC(COCCC(=O)NCCCCCNC(=O)CCC)(COCCC(=O)NCCCCCNC(=O)CCC)COCCC(=O)NCCCCCNC(=O)CCC. The first-order chi connectivity index (χ1) is 33.5. The lowest BCUT2D eigenvalue weighted by Gasteiger charge is -2.34. The van der Waals surface area contributed by atoms with Gasteiger partial charge in [0.25, 0.3) is 0 Å². The molecule has 0 spiro atoms. The molecule has 0 fully saturated rings. The molecule has 69 heavy (non-hydrogen) atoms. The second-order valence-corrected chi connectivity index (χ2v) is 18.3. The minimum absolute atomic E-state index is 0.0241. The molecule has 7 N–H and O–H groups in total. The first kappa shape index (κ1) is 65.2. The van der Waals surface area contributed by atoms with Crippen LogP contribution in [0, 0.1) is 0 Å². The number of rotatable bonds is 50. The van der Waals surface area contributed by atoms with Gasteiger partial charge in [-0.05, 0) is 83.5 Å². The summed E-state index contributed by atoms with van der Waals surface area (Å²) in [5.41, 5.74) is -1.16. The summed E-state index contributed by atoms with van der Waals surface area (Å²) < 4.78 is 18.2. The zero-order chi connectivity index (χ0) is 50.9. The number of hydrogen-bond donors (Lipinski definition) is 7. The average Bonchev–Trinajstić information content (AvgIpc) is 3.32. The molecule has 7 amide bonds. The highest BCUT2D eigenvalue weighted by Crippen LogP contribution is 2.14. The Morgan fingerprint density at radius 1 is 0.290 bits per heavy atom. The molecular weight excluding hydrogens is 883 g/mol. The number of ether oxygens (including phenoxy) is 3. The Morgan fingerprint density at radius 3 is 0.841 bits per heavy atom. The van der Waals surface area contributed by atoms with Crippen LogP contribution in [0.25, 0.3) is 0 Å². The molecule has 0 radical (unpaired) electrons. The van der Waals surface area contributed by atoms with Gasteiger partial charge in [-0.15, -0.1) is 0 Å². The van der Waals surface area contributed by atoms with Crippen LogP contribution in [-0.2, 0) is 47.8 Å². The summed E-state index contributed by atoms with van der Waals surface area (Å²) in [6.45, 7) is 11.7. The van der Waals surface area contributed by atoms with Crippen molar-refractivity contribution in [1.82, 2.24) is 37.2 Å². The summed E-state index contributed by atoms with van der Waals surface area (Å²) in [6.07, 6.45) is 22.2. The summed E-state index contributed by atoms with van der Waals surface area (Å²) in [4.78, 5) is 86.7. The highest BCUT2D eigenvalue weighted by atomic mass is 16.5.